The van der Waals surface area contributed by atoms with Crippen molar-refractivity contribution in [3.05, 3.63) is 133 Å². The second-order valence-electron chi connectivity index (χ2n) is 11.0. The van der Waals surface area contributed by atoms with Gasteiger partial charge in [-0.3, -0.25) is 19.1 Å². The molecule has 0 aliphatic rings. The van der Waals surface area contributed by atoms with Crippen LogP contribution in [-0.2, 0) is 0 Å². The summed E-state index contributed by atoms with van der Waals surface area (Å²) in [5.74, 6) is 1.55. The van der Waals surface area contributed by atoms with E-state index in [4.69, 9.17) is 29.9 Å². The Hall–Kier alpha value is -6.28. The number of pyridine rings is 4. The fourth-order valence-corrected chi connectivity index (χ4v) is 6.25. The van der Waals surface area contributed by atoms with Crippen LogP contribution in [0.25, 0.3) is 78.3 Å². The van der Waals surface area contributed by atoms with Gasteiger partial charge in [0.1, 0.15) is 22.7 Å². The first-order valence-electron chi connectivity index (χ1n) is 14.7. The van der Waals surface area contributed by atoms with E-state index < -0.39 is 0 Å². The Morgan fingerprint density at radius 2 is 0.911 bits per heavy atom. The van der Waals surface area contributed by atoms with Crippen molar-refractivity contribution in [2.75, 3.05) is 0 Å². The van der Waals surface area contributed by atoms with Crippen molar-refractivity contribution in [1.82, 2.24) is 39.0 Å². The number of imidazole rings is 2. The van der Waals surface area contributed by atoms with Crippen molar-refractivity contribution in [2.45, 2.75) is 6.92 Å². The number of hydrogen-bond acceptors (Lipinski definition) is 6. The van der Waals surface area contributed by atoms with E-state index in [0.717, 1.165) is 83.8 Å². The first-order valence-corrected chi connectivity index (χ1v) is 14.7. The molecule has 6 aromatic heterocycles. The van der Waals surface area contributed by atoms with Gasteiger partial charge in [-0.1, -0.05) is 36.4 Å². The molecule has 3 aromatic carbocycles. The van der Waals surface area contributed by atoms with Crippen LogP contribution in [0.1, 0.15) is 5.56 Å². The van der Waals surface area contributed by atoms with Crippen LogP contribution in [0.4, 0.5) is 0 Å². The minimum Gasteiger partial charge on any atom is -0.274 e. The fourth-order valence-electron chi connectivity index (χ4n) is 6.25. The molecule has 45 heavy (non-hydrogen) atoms. The maximum atomic E-state index is 5.13. The Morgan fingerprint density at radius 1 is 0.467 bits per heavy atom. The molecule has 0 spiro atoms. The van der Waals surface area contributed by atoms with Crippen LogP contribution in [0.5, 0.6) is 0 Å². The highest BCUT2D eigenvalue weighted by Crippen LogP contribution is 2.36. The molecule has 0 unspecified atom stereocenters. The van der Waals surface area contributed by atoms with Crippen molar-refractivity contribution in [2.24, 2.45) is 0 Å². The maximum absolute atomic E-state index is 5.13. The lowest BCUT2D eigenvalue weighted by Gasteiger charge is -2.14. The first-order chi connectivity index (χ1) is 22.2. The topological polar surface area (TPSA) is 87.2 Å². The van der Waals surface area contributed by atoms with Crippen LogP contribution < -0.4 is 0 Å². The molecule has 0 amide bonds. The minimum atomic E-state index is 0.770. The van der Waals surface area contributed by atoms with Gasteiger partial charge in [-0.2, -0.15) is 0 Å². The number of aromatic nitrogens is 8. The highest BCUT2D eigenvalue weighted by Gasteiger charge is 2.21. The molecule has 0 radical (unpaired) electrons. The van der Waals surface area contributed by atoms with Crippen LogP contribution >= 0.6 is 0 Å². The summed E-state index contributed by atoms with van der Waals surface area (Å²) >= 11 is 0. The van der Waals surface area contributed by atoms with Crippen LogP contribution in [0.2, 0.25) is 0 Å². The molecule has 9 aromatic rings. The van der Waals surface area contributed by atoms with Gasteiger partial charge in [0.25, 0.3) is 0 Å². The average Bonchev–Trinajstić information content (AvgIpc) is 3.67. The Labute approximate surface area is 257 Å². The van der Waals surface area contributed by atoms with Gasteiger partial charge in [-0.05, 0) is 79.2 Å². The number of nitrogens with zero attached hydrogens (tertiary/aromatic N) is 8. The van der Waals surface area contributed by atoms with Crippen molar-refractivity contribution in [3.63, 3.8) is 0 Å². The standard InChI is InChI=1S/C37H24N8/c1-23-20-26(34-42-28-12-6-18-40-36(28)44(34)30-14-2-8-24-10-4-16-38-32(24)30)22-27(21-23)35-43-29-13-7-19-41-37(29)45(35)31-15-3-9-25-11-5-17-39-33(25)31/h2-22H,1H3. The molecule has 0 saturated carbocycles. The summed E-state index contributed by atoms with van der Waals surface area (Å²) in [5, 5.41) is 2.10. The normalized spacial score (nSPS) is 11.7. The molecule has 6 heterocycles. The van der Waals surface area contributed by atoms with Crippen molar-refractivity contribution in [1.29, 1.82) is 0 Å². The summed E-state index contributed by atoms with van der Waals surface area (Å²) in [5.41, 5.74) is 9.73. The molecule has 8 nitrogen and oxygen atoms in total. The van der Waals surface area contributed by atoms with Gasteiger partial charge in [0, 0.05) is 46.7 Å². The first kappa shape index (κ1) is 25.2. The molecule has 0 atom stereocenters. The molecule has 0 aliphatic heterocycles. The van der Waals surface area contributed by atoms with E-state index >= 15 is 0 Å². The summed E-state index contributed by atoms with van der Waals surface area (Å²) in [6.45, 7) is 2.10. The van der Waals surface area contributed by atoms with Crippen LogP contribution in [0.15, 0.2) is 128 Å². The summed E-state index contributed by atoms with van der Waals surface area (Å²) in [6.07, 6.45) is 7.25. The van der Waals surface area contributed by atoms with E-state index in [1.165, 1.54) is 0 Å². The summed E-state index contributed by atoms with van der Waals surface area (Å²) in [4.78, 5) is 29.3. The number of para-hydroxylation sites is 2. The van der Waals surface area contributed by atoms with E-state index in [1.807, 2.05) is 60.9 Å². The Balaban J connectivity index is 1.32. The SMILES string of the molecule is Cc1cc(-c2nc3cccnc3n2-c2cccc3cccnc23)cc(-c2nc3cccnc3n2-c2cccc3cccnc23)c1. The zero-order valence-electron chi connectivity index (χ0n) is 24.2. The summed E-state index contributed by atoms with van der Waals surface area (Å²) < 4.78 is 4.23. The van der Waals surface area contributed by atoms with Gasteiger partial charge in [0.15, 0.2) is 11.3 Å². The zero-order valence-corrected chi connectivity index (χ0v) is 24.2. The van der Waals surface area contributed by atoms with Gasteiger partial charge < -0.3 is 0 Å². The number of fused-ring (bicyclic) bond motifs is 4. The van der Waals surface area contributed by atoms with Crippen molar-refractivity contribution >= 4 is 44.1 Å². The van der Waals surface area contributed by atoms with E-state index in [0.29, 0.717) is 0 Å². The lowest BCUT2D eigenvalue weighted by molar-refractivity contribution is 1.07. The second kappa shape index (κ2) is 9.89. The van der Waals surface area contributed by atoms with Gasteiger partial charge in [0.05, 0.1) is 22.4 Å². The predicted molar refractivity (Wildman–Crippen MR) is 177 cm³/mol. The molecular formula is C37H24N8. The highest BCUT2D eigenvalue weighted by molar-refractivity contribution is 5.93. The predicted octanol–water partition coefficient (Wildman–Crippen LogP) is 7.89. The highest BCUT2D eigenvalue weighted by atomic mass is 15.2. The zero-order chi connectivity index (χ0) is 29.9. The van der Waals surface area contributed by atoms with E-state index in [1.54, 1.807) is 12.4 Å². The number of rotatable bonds is 4. The molecule has 0 aliphatic carbocycles. The van der Waals surface area contributed by atoms with Crippen LogP contribution in [0.3, 0.4) is 0 Å². The Kier molecular flexibility index (Phi) is 5.55. The maximum Gasteiger partial charge on any atom is 0.165 e. The third kappa shape index (κ3) is 4.00. The summed E-state index contributed by atoms with van der Waals surface area (Å²) in [6, 6.07) is 34.7. The molecule has 9 rings (SSSR count). The lowest BCUT2D eigenvalue weighted by Crippen LogP contribution is -2.02. The van der Waals surface area contributed by atoms with Crippen LogP contribution in [-0.4, -0.2) is 39.0 Å². The number of benzene rings is 3. The minimum absolute atomic E-state index is 0.770. The largest absolute Gasteiger partial charge is 0.274 e. The average molecular weight is 581 g/mol. The summed E-state index contributed by atoms with van der Waals surface area (Å²) in [7, 11) is 0. The third-order valence-corrected chi connectivity index (χ3v) is 8.13. The molecule has 212 valence electrons. The molecule has 0 saturated heterocycles. The molecule has 0 N–H and O–H groups in total. The van der Waals surface area contributed by atoms with Gasteiger partial charge in [-0.25, -0.2) is 19.9 Å². The molecule has 0 bridgehead atoms. The van der Waals surface area contributed by atoms with Crippen molar-refractivity contribution < 1.29 is 0 Å². The van der Waals surface area contributed by atoms with Crippen molar-refractivity contribution in [3.8, 4) is 34.2 Å². The fraction of sp³-hybridized carbons (Fsp3) is 0.0270. The van der Waals surface area contributed by atoms with E-state index in [2.05, 4.69) is 70.7 Å². The Morgan fingerprint density at radius 3 is 1.42 bits per heavy atom. The van der Waals surface area contributed by atoms with Gasteiger partial charge in [-0.15, -0.1) is 0 Å². The van der Waals surface area contributed by atoms with Gasteiger partial charge >= 0.3 is 0 Å². The van der Waals surface area contributed by atoms with Crippen LogP contribution in [0, 0.1) is 6.92 Å². The molecule has 0 fully saturated rings. The number of hydrogen-bond donors (Lipinski definition) is 0. The third-order valence-electron chi connectivity index (χ3n) is 8.13. The number of aryl methyl sites for hydroxylation is 1. The van der Waals surface area contributed by atoms with Gasteiger partial charge in [0.2, 0.25) is 0 Å². The second-order valence-corrected chi connectivity index (χ2v) is 11.0. The molecule has 8 heteroatoms. The van der Waals surface area contributed by atoms with E-state index in [-0.39, 0.29) is 0 Å². The quantitative estimate of drug-likeness (QED) is 0.210. The molecular weight excluding hydrogens is 556 g/mol. The lowest BCUT2D eigenvalue weighted by atomic mass is 10.0. The monoisotopic (exact) mass is 580 g/mol. The van der Waals surface area contributed by atoms with E-state index in [9.17, 15) is 0 Å². The Bertz CT molecular complexity index is 2390. The smallest absolute Gasteiger partial charge is 0.165 e.